The van der Waals surface area contributed by atoms with Crippen LogP contribution in [-0.4, -0.2) is 142 Å². The molecule has 5 aliphatic rings. The van der Waals surface area contributed by atoms with Gasteiger partial charge in [-0.25, -0.2) is 4.79 Å². The highest BCUT2D eigenvalue weighted by Gasteiger charge is 2.72. The van der Waals surface area contributed by atoms with Crippen LogP contribution in [0.15, 0.2) is 23.9 Å². The Morgan fingerprint density at radius 3 is 2.23 bits per heavy atom. The fourth-order valence-electron chi connectivity index (χ4n) is 8.92. The zero-order valence-corrected chi connectivity index (χ0v) is 31.7. The number of ketones is 4. The molecule has 0 aromatic heterocycles. The molecule has 0 spiro atoms. The van der Waals surface area contributed by atoms with E-state index < -0.39 is 153 Å². The number of carbonyl (C=O) groups is 5. The molecule has 11 atom stereocenters. The average Bonchev–Trinajstić information content (AvgIpc) is 3.15. The lowest BCUT2D eigenvalue weighted by molar-refractivity contribution is -0.299. The number of phenolic OH excluding ortho intramolecular Hbond substituents is 2. The monoisotopic (exact) mass is 797 g/mol. The second-order valence-electron chi connectivity index (χ2n) is 14.9. The smallest absolute Gasteiger partial charge is 0.341 e. The molecule has 2 saturated heterocycles. The number of carbonyl (C=O) groups excluding carboxylic acids is 5. The predicted octanol–water partition coefficient (Wildman–Crippen LogP) is 0.00612. The maximum absolute atomic E-state index is 14.7. The number of hydrogen-bond acceptors (Lipinski definition) is 18. The Hall–Kier alpha value is -4.63. The van der Waals surface area contributed by atoms with Crippen molar-refractivity contribution in [1.29, 1.82) is 0 Å². The van der Waals surface area contributed by atoms with E-state index in [4.69, 9.17) is 28.4 Å². The van der Waals surface area contributed by atoms with E-state index in [1.54, 1.807) is 13.8 Å². The minimum atomic E-state index is -3.26. The molecule has 2 aromatic carbocycles. The van der Waals surface area contributed by atoms with Crippen molar-refractivity contribution in [1.82, 2.24) is 5.32 Å². The van der Waals surface area contributed by atoms with Crippen LogP contribution >= 0.6 is 0 Å². The standard InChI is InChI=1S/C39H43NO17/c1-13-9-16-10-22(43)39(54-6)35(49)26-18(34(48)38(39,51)27(16)30(46)24(13)37(50)53-5)11-17-25(29(26)45)21(42)12-19(28(17)44)40-36-33(52-4)31(47)32(15(3)56-36)57-23-8-7-20(41)14(2)55-23/h9,11-12,14-15,20,22-23,31-33,36,40-41,43,45-47,51H,7-8,10H2,1-6H3/t14-,15-,20-,22+,23+,31+,32-,33+,36-,38-,39-/m0/s1. The highest BCUT2D eigenvalue weighted by molar-refractivity contribution is 6.31. The first-order valence-corrected chi connectivity index (χ1v) is 18.2. The average molecular weight is 798 g/mol. The quantitative estimate of drug-likeness (QED) is 0.182. The van der Waals surface area contributed by atoms with Gasteiger partial charge in [0.25, 0.3) is 0 Å². The first-order valence-electron chi connectivity index (χ1n) is 18.2. The number of aliphatic hydroxyl groups excluding tert-OH is 3. The number of Topliss-reactive ketones (excluding diaryl/α,β-unsaturated/α-hetero) is 3. The number of hydrogen-bond donors (Lipinski definition) is 7. The van der Waals surface area contributed by atoms with Crippen LogP contribution in [0, 0.1) is 6.92 Å². The molecule has 3 aliphatic carbocycles. The molecule has 7 rings (SSSR count). The number of phenols is 2. The third-order valence-corrected chi connectivity index (χ3v) is 11.8. The zero-order valence-electron chi connectivity index (χ0n) is 31.7. The summed E-state index contributed by atoms with van der Waals surface area (Å²) in [5.74, 6) is -7.81. The summed E-state index contributed by atoms with van der Waals surface area (Å²) in [7, 11) is 3.23. The number of fused-ring (bicyclic) bond motifs is 5. The molecular weight excluding hydrogens is 754 g/mol. The van der Waals surface area contributed by atoms with Crippen molar-refractivity contribution in [3.8, 4) is 11.5 Å². The van der Waals surface area contributed by atoms with Crippen LogP contribution in [-0.2, 0) is 40.4 Å². The molecule has 0 bridgehead atoms. The largest absolute Gasteiger partial charge is 0.507 e. The number of aromatic hydroxyl groups is 2. The lowest BCUT2D eigenvalue weighted by Crippen LogP contribution is -2.73. The van der Waals surface area contributed by atoms with E-state index in [0.29, 0.717) is 12.8 Å². The molecule has 0 saturated carbocycles. The SMILES string of the molecule is COC(=O)c1c(C)cc2c(c1O)[C@]1(O)C(=O)c3cc4c(c(O)c3C(=O)[C@@]1(OC)[C@H](O)C2)C(=O)C=C(N[C@H]1O[C@@H](C)[C@H](O[C@@H]2CC[C@H](O)[C@H](C)O2)[C@@H](O)[C@H]1OC)C4=O. The molecular formula is C39H43NO17. The minimum Gasteiger partial charge on any atom is -0.507 e. The van der Waals surface area contributed by atoms with E-state index in [-0.39, 0.29) is 11.1 Å². The predicted molar refractivity (Wildman–Crippen MR) is 190 cm³/mol. The van der Waals surface area contributed by atoms with Gasteiger partial charge in [-0.3, -0.25) is 19.2 Å². The third-order valence-electron chi connectivity index (χ3n) is 11.8. The van der Waals surface area contributed by atoms with Gasteiger partial charge in [0.05, 0.1) is 48.3 Å². The summed E-state index contributed by atoms with van der Waals surface area (Å²) in [6, 6.07) is 2.16. The highest BCUT2D eigenvalue weighted by atomic mass is 16.7. The lowest BCUT2D eigenvalue weighted by Gasteiger charge is -2.52. The van der Waals surface area contributed by atoms with Crippen LogP contribution < -0.4 is 5.32 Å². The van der Waals surface area contributed by atoms with Crippen molar-refractivity contribution >= 4 is 29.1 Å². The number of rotatable bonds is 7. The number of ether oxygens (including phenoxy) is 6. The number of allylic oxidation sites excluding steroid dienone is 2. The van der Waals surface area contributed by atoms with Crippen LogP contribution in [0.1, 0.15) is 95.2 Å². The van der Waals surface area contributed by atoms with E-state index in [9.17, 15) is 54.6 Å². The number of aliphatic hydroxyl groups is 4. The third kappa shape index (κ3) is 5.69. The van der Waals surface area contributed by atoms with E-state index in [0.717, 1.165) is 26.4 Å². The van der Waals surface area contributed by atoms with Gasteiger partial charge >= 0.3 is 5.97 Å². The second kappa shape index (κ2) is 14.3. The van der Waals surface area contributed by atoms with Crippen LogP contribution in [0.5, 0.6) is 11.5 Å². The molecule has 7 N–H and O–H groups in total. The van der Waals surface area contributed by atoms with Gasteiger partial charge in [-0.1, -0.05) is 6.07 Å². The van der Waals surface area contributed by atoms with Gasteiger partial charge in [0.1, 0.15) is 35.4 Å². The second-order valence-corrected chi connectivity index (χ2v) is 14.9. The van der Waals surface area contributed by atoms with Crippen molar-refractivity contribution in [3.63, 3.8) is 0 Å². The van der Waals surface area contributed by atoms with Gasteiger partial charge in [0.15, 0.2) is 29.5 Å². The van der Waals surface area contributed by atoms with Crippen molar-refractivity contribution < 1.29 is 83.0 Å². The molecule has 0 radical (unpaired) electrons. The van der Waals surface area contributed by atoms with E-state index >= 15 is 0 Å². The Morgan fingerprint density at radius 2 is 1.60 bits per heavy atom. The van der Waals surface area contributed by atoms with Crippen LogP contribution in [0.4, 0.5) is 0 Å². The van der Waals surface area contributed by atoms with Crippen molar-refractivity contribution in [2.75, 3.05) is 21.3 Å². The molecule has 306 valence electrons. The highest BCUT2D eigenvalue weighted by Crippen LogP contribution is 2.56. The van der Waals surface area contributed by atoms with E-state index in [2.05, 4.69) is 5.32 Å². The van der Waals surface area contributed by atoms with Crippen LogP contribution in [0.3, 0.4) is 0 Å². The van der Waals surface area contributed by atoms with Crippen molar-refractivity contribution in [2.24, 2.45) is 0 Å². The fourth-order valence-corrected chi connectivity index (χ4v) is 8.92. The maximum atomic E-state index is 14.7. The maximum Gasteiger partial charge on any atom is 0.341 e. The number of methoxy groups -OCH3 is 3. The molecule has 2 fully saturated rings. The number of esters is 1. The Morgan fingerprint density at radius 1 is 0.895 bits per heavy atom. The van der Waals surface area contributed by atoms with Crippen molar-refractivity contribution in [3.05, 3.63) is 68.4 Å². The summed E-state index contributed by atoms with van der Waals surface area (Å²) in [6.07, 6.45) is -8.46. The molecule has 2 aliphatic heterocycles. The number of benzene rings is 2. The molecule has 2 heterocycles. The van der Waals surface area contributed by atoms with Gasteiger partial charge in [0, 0.05) is 49.8 Å². The van der Waals surface area contributed by atoms with Crippen molar-refractivity contribution in [2.45, 2.75) is 106 Å². The molecule has 2 aromatic rings. The summed E-state index contributed by atoms with van der Waals surface area (Å²) < 4.78 is 33.6. The van der Waals surface area contributed by atoms with Crippen LogP contribution in [0.25, 0.3) is 0 Å². The van der Waals surface area contributed by atoms with Gasteiger partial charge in [0.2, 0.25) is 17.3 Å². The topological polar surface area (TPSA) is 274 Å². The van der Waals surface area contributed by atoms with E-state index in [1.807, 2.05) is 0 Å². The van der Waals surface area contributed by atoms with Gasteiger partial charge in [-0.05, 0) is 44.4 Å². The van der Waals surface area contributed by atoms with Gasteiger partial charge in [-0.2, -0.15) is 0 Å². The summed E-state index contributed by atoms with van der Waals surface area (Å²) in [5.41, 5.74) is -10.4. The summed E-state index contributed by atoms with van der Waals surface area (Å²) >= 11 is 0. The normalized spacial score (nSPS) is 34.8. The van der Waals surface area contributed by atoms with Gasteiger partial charge in [-0.15, -0.1) is 0 Å². The number of nitrogens with one attached hydrogen (secondary N) is 1. The molecule has 18 nitrogen and oxygen atoms in total. The fraction of sp³-hybridized carbons (Fsp3) is 0.513. The molecule has 57 heavy (non-hydrogen) atoms. The Kier molecular flexibility index (Phi) is 10.2. The summed E-state index contributed by atoms with van der Waals surface area (Å²) in [4.78, 5) is 69.8. The first kappa shape index (κ1) is 40.6. The molecule has 0 unspecified atom stereocenters. The Labute approximate surface area is 324 Å². The zero-order chi connectivity index (χ0) is 41.6. The van der Waals surface area contributed by atoms with E-state index in [1.165, 1.54) is 20.1 Å². The number of aryl methyl sites for hydroxylation is 1. The minimum absolute atomic E-state index is 0.0170. The summed E-state index contributed by atoms with van der Waals surface area (Å²) in [6.45, 7) is 4.73. The summed E-state index contributed by atoms with van der Waals surface area (Å²) in [5, 5.41) is 71.2. The Balaban J connectivity index is 1.26. The molecule has 18 heteroatoms. The van der Waals surface area contributed by atoms with Gasteiger partial charge < -0.3 is 64.4 Å². The van der Waals surface area contributed by atoms with Crippen LogP contribution in [0.2, 0.25) is 0 Å². The first-order chi connectivity index (χ1) is 26.9. The molecule has 0 amide bonds. The lowest BCUT2D eigenvalue weighted by atomic mass is 9.56. The Bertz CT molecular complexity index is 2130.